The average molecular weight is 533 g/mol. The summed E-state index contributed by atoms with van der Waals surface area (Å²) >= 11 is 0. The lowest BCUT2D eigenvalue weighted by Gasteiger charge is -2.42. The molecule has 0 saturated carbocycles. The summed E-state index contributed by atoms with van der Waals surface area (Å²) in [6.45, 7) is 3.89. The van der Waals surface area contributed by atoms with Crippen molar-refractivity contribution in [1.82, 2.24) is 15.5 Å². The fourth-order valence-electron chi connectivity index (χ4n) is 5.21. The summed E-state index contributed by atoms with van der Waals surface area (Å²) in [5, 5.41) is 24.5. The third kappa shape index (κ3) is 5.12. The van der Waals surface area contributed by atoms with E-state index in [0.29, 0.717) is 17.5 Å². The van der Waals surface area contributed by atoms with Crippen LogP contribution in [0.4, 0.5) is 13.2 Å². The third-order valence-electron chi connectivity index (χ3n) is 7.07. The normalized spacial score (nSPS) is 23.6. The highest BCUT2D eigenvalue weighted by Crippen LogP contribution is 2.48. The Balaban J connectivity index is 1.65. The highest BCUT2D eigenvalue weighted by atomic mass is 19.4. The Bertz CT molecular complexity index is 1230. The van der Waals surface area contributed by atoms with Crippen LogP contribution < -0.4 is 10.6 Å². The first-order valence-electron chi connectivity index (χ1n) is 12.2. The molecule has 1 aliphatic heterocycles. The van der Waals surface area contributed by atoms with Gasteiger partial charge in [-0.2, -0.15) is 13.2 Å². The maximum absolute atomic E-state index is 14.0. The average Bonchev–Trinajstić information content (AvgIpc) is 3.12. The molecule has 1 saturated heterocycles. The molecule has 4 rings (SSSR count). The second-order valence-electron chi connectivity index (χ2n) is 10.4. The van der Waals surface area contributed by atoms with Crippen molar-refractivity contribution < 1.29 is 32.6 Å². The minimum Gasteiger partial charge on any atom is -0.385 e. The first-order valence-corrected chi connectivity index (χ1v) is 12.2. The molecule has 1 aliphatic carbocycles. The summed E-state index contributed by atoms with van der Waals surface area (Å²) in [6, 6.07) is 9.95. The monoisotopic (exact) mass is 532 g/mol. The number of nitrogens with zero attached hydrogens (tertiary/aromatic N) is 1. The Morgan fingerprint density at radius 1 is 1.24 bits per heavy atom. The lowest BCUT2D eigenvalue weighted by atomic mass is 9.93. The second-order valence-corrected chi connectivity index (χ2v) is 10.4. The van der Waals surface area contributed by atoms with Crippen LogP contribution in [0, 0.1) is 5.41 Å². The van der Waals surface area contributed by atoms with Crippen LogP contribution in [-0.2, 0) is 16.0 Å². The molecular weight excluding hydrogens is 501 g/mol. The third-order valence-corrected chi connectivity index (χ3v) is 7.07. The minimum absolute atomic E-state index is 0.0584. The topological polar surface area (TPSA) is 115 Å². The van der Waals surface area contributed by atoms with E-state index in [2.05, 4.69) is 10.6 Å². The van der Waals surface area contributed by atoms with Gasteiger partial charge < -0.3 is 20.5 Å². The second kappa shape index (κ2) is 10.0. The van der Waals surface area contributed by atoms with Gasteiger partial charge in [-0.3, -0.25) is 19.9 Å². The molecule has 8 nitrogen and oxygen atoms in total. The summed E-state index contributed by atoms with van der Waals surface area (Å²) in [7, 11) is 1.51. The zero-order valence-corrected chi connectivity index (χ0v) is 21.4. The predicted molar refractivity (Wildman–Crippen MR) is 133 cm³/mol. The van der Waals surface area contributed by atoms with Gasteiger partial charge in [0.25, 0.3) is 5.91 Å². The summed E-state index contributed by atoms with van der Waals surface area (Å²) in [6.07, 6.45) is -5.18. The van der Waals surface area contributed by atoms with Crippen LogP contribution in [0.25, 0.3) is 0 Å². The zero-order chi connectivity index (χ0) is 27.9. The summed E-state index contributed by atoms with van der Waals surface area (Å²) in [5.74, 6) is -1.16. The van der Waals surface area contributed by atoms with Crippen molar-refractivity contribution in [2.45, 2.75) is 62.5 Å². The van der Waals surface area contributed by atoms with Crippen LogP contribution in [0.5, 0.6) is 0 Å². The highest BCUT2D eigenvalue weighted by molar-refractivity contribution is 5.99. The van der Waals surface area contributed by atoms with E-state index >= 15 is 0 Å². The number of aliphatic hydroxyl groups is 1. The van der Waals surface area contributed by atoms with Crippen LogP contribution in [0.2, 0.25) is 0 Å². The van der Waals surface area contributed by atoms with E-state index in [0.717, 1.165) is 0 Å². The van der Waals surface area contributed by atoms with E-state index in [-0.39, 0.29) is 36.0 Å². The number of alkyl halides is 3. The molecule has 2 amide bonds. The number of nitrogens with one attached hydrogen (secondary N) is 3. The largest absolute Gasteiger partial charge is 0.419 e. The number of methoxy groups -OCH3 is 1. The fourth-order valence-corrected chi connectivity index (χ4v) is 5.21. The van der Waals surface area contributed by atoms with Gasteiger partial charge in [-0.1, -0.05) is 36.4 Å². The van der Waals surface area contributed by atoms with E-state index in [1.54, 1.807) is 24.3 Å². The van der Waals surface area contributed by atoms with Crippen molar-refractivity contribution in [3.05, 3.63) is 70.8 Å². The number of halogens is 3. The van der Waals surface area contributed by atoms with E-state index in [4.69, 9.17) is 10.1 Å². The lowest BCUT2D eigenvalue weighted by molar-refractivity contribution is -0.266. The molecule has 3 atom stereocenters. The molecule has 0 spiro atoms. The van der Waals surface area contributed by atoms with Gasteiger partial charge in [0.1, 0.15) is 0 Å². The summed E-state index contributed by atoms with van der Waals surface area (Å²) in [5.41, 5.74) is -2.65. The Hall–Kier alpha value is -3.44. The number of guanidine groups is 1. The molecule has 0 aromatic heterocycles. The van der Waals surface area contributed by atoms with Gasteiger partial charge in [0.15, 0.2) is 11.6 Å². The van der Waals surface area contributed by atoms with Crippen LogP contribution >= 0.6 is 0 Å². The number of carbonyl (C=O) groups is 2. The molecule has 2 aromatic rings. The molecule has 0 radical (unpaired) electrons. The van der Waals surface area contributed by atoms with E-state index in [1.165, 1.54) is 36.3 Å². The van der Waals surface area contributed by atoms with Crippen molar-refractivity contribution >= 4 is 17.8 Å². The van der Waals surface area contributed by atoms with Gasteiger partial charge in [0, 0.05) is 37.7 Å². The molecule has 11 heteroatoms. The molecule has 0 bridgehead atoms. The number of ether oxygens (including phenoxy) is 1. The van der Waals surface area contributed by atoms with E-state index in [9.17, 15) is 27.9 Å². The smallest absolute Gasteiger partial charge is 0.385 e. The van der Waals surface area contributed by atoms with E-state index in [1.807, 2.05) is 13.8 Å². The first kappa shape index (κ1) is 27.6. The first-order chi connectivity index (χ1) is 17.8. The molecule has 2 aliphatic rings. The molecular formula is C27H31F3N4O4. The van der Waals surface area contributed by atoms with Crippen LogP contribution in [0.15, 0.2) is 48.5 Å². The number of rotatable bonds is 7. The Morgan fingerprint density at radius 2 is 1.95 bits per heavy atom. The Morgan fingerprint density at radius 3 is 2.61 bits per heavy atom. The van der Waals surface area contributed by atoms with E-state index < -0.39 is 41.7 Å². The minimum atomic E-state index is -4.98. The van der Waals surface area contributed by atoms with Crippen molar-refractivity contribution in [1.29, 1.82) is 5.41 Å². The van der Waals surface area contributed by atoms with Gasteiger partial charge in [0.2, 0.25) is 5.91 Å². The number of fused-ring (bicyclic) bond motifs is 1. The molecule has 38 heavy (non-hydrogen) atoms. The Labute approximate surface area is 218 Å². The molecule has 4 N–H and O–H groups in total. The number of hydrogen-bond acceptors (Lipinski definition) is 5. The van der Waals surface area contributed by atoms with Crippen molar-refractivity contribution in [2.24, 2.45) is 0 Å². The molecule has 204 valence electrons. The molecule has 1 heterocycles. The maximum Gasteiger partial charge on any atom is 0.419 e. The SMILES string of the molecule is COCC[C@H](c1cccc(C(=O)N[C@@H]2c3ccccc3CC2(O)C(F)(F)F)c1)N1C(=N)NC(C)(C)CC1=O. The highest BCUT2D eigenvalue weighted by Gasteiger charge is 2.62. The summed E-state index contributed by atoms with van der Waals surface area (Å²) in [4.78, 5) is 27.6. The summed E-state index contributed by atoms with van der Waals surface area (Å²) < 4.78 is 47.1. The number of hydrogen-bond donors (Lipinski definition) is 4. The van der Waals surface area contributed by atoms with Gasteiger partial charge in [-0.15, -0.1) is 0 Å². The quantitative estimate of drug-likeness (QED) is 0.435. The lowest BCUT2D eigenvalue weighted by Crippen LogP contribution is -2.60. The number of benzene rings is 2. The number of carbonyl (C=O) groups excluding carboxylic acids is 2. The molecule has 1 fully saturated rings. The van der Waals surface area contributed by atoms with Crippen LogP contribution in [0.1, 0.15) is 65.8 Å². The van der Waals surface area contributed by atoms with Crippen LogP contribution in [-0.4, -0.2) is 58.8 Å². The van der Waals surface area contributed by atoms with Crippen molar-refractivity contribution in [2.75, 3.05) is 13.7 Å². The number of amides is 2. The van der Waals surface area contributed by atoms with Gasteiger partial charge in [-0.05, 0) is 49.1 Å². The Kier molecular flexibility index (Phi) is 7.28. The van der Waals surface area contributed by atoms with Gasteiger partial charge in [-0.25, -0.2) is 0 Å². The predicted octanol–water partition coefficient (Wildman–Crippen LogP) is 3.62. The van der Waals surface area contributed by atoms with Gasteiger partial charge >= 0.3 is 6.18 Å². The van der Waals surface area contributed by atoms with Crippen LogP contribution in [0.3, 0.4) is 0 Å². The van der Waals surface area contributed by atoms with Crippen molar-refractivity contribution in [3.8, 4) is 0 Å². The van der Waals surface area contributed by atoms with Crippen molar-refractivity contribution in [3.63, 3.8) is 0 Å². The molecule has 2 aromatic carbocycles. The standard InChI is InChI=1S/C27H31F3N4O4/c1-25(2)15-21(35)34(24(31)33-25)20(11-12-38-3)16-8-6-9-17(13-16)23(36)32-22-19-10-5-4-7-18(19)14-26(22,37)27(28,29)30/h4-10,13,20,22,37H,11-12,14-15H2,1-3H3,(H2,31,33)(H,32,36)/t20-,22-,26?/m1/s1. The molecule has 1 unspecified atom stereocenters. The van der Waals surface area contributed by atoms with Gasteiger partial charge in [0.05, 0.1) is 12.1 Å². The maximum atomic E-state index is 14.0. The zero-order valence-electron chi connectivity index (χ0n) is 21.4. The fraction of sp³-hybridized carbons (Fsp3) is 0.444.